The van der Waals surface area contributed by atoms with Gasteiger partial charge in [0.15, 0.2) is 0 Å². The third kappa shape index (κ3) is 4.53. The fraction of sp³-hybridized carbons (Fsp3) is 0.120. The molecule has 30 heavy (non-hydrogen) atoms. The summed E-state index contributed by atoms with van der Waals surface area (Å²) >= 11 is 6.09. The van der Waals surface area contributed by atoms with E-state index in [1.807, 2.05) is 66.9 Å². The van der Waals surface area contributed by atoms with E-state index in [9.17, 15) is 4.79 Å². The minimum absolute atomic E-state index is 0.0918. The number of aromatic amines is 1. The SMILES string of the molecule is N#Cc1cccc(Cc2ccc(C(=O)NCCc3c[nH]c4ccc(Cl)cc34)cc2)c1. The quantitative estimate of drug-likeness (QED) is 0.453. The average Bonchev–Trinajstić information content (AvgIpc) is 3.16. The van der Waals surface area contributed by atoms with Gasteiger partial charge in [-0.1, -0.05) is 35.9 Å². The average molecular weight is 414 g/mol. The number of carbonyl (C=O) groups is 1. The summed E-state index contributed by atoms with van der Waals surface area (Å²) in [6.45, 7) is 0.543. The Bertz CT molecular complexity index is 1240. The van der Waals surface area contributed by atoms with Crippen LogP contribution in [0, 0.1) is 11.3 Å². The Labute approximate surface area is 180 Å². The monoisotopic (exact) mass is 413 g/mol. The standard InChI is InChI=1S/C25H20ClN3O/c26-22-8-9-24-23(14-22)21(16-29-24)10-11-28-25(30)20-6-4-17(5-7-20)12-18-2-1-3-19(13-18)15-27/h1-9,13-14,16,29H,10-12H2,(H,28,30). The van der Waals surface area contributed by atoms with E-state index in [1.54, 1.807) is 6.07 Å². The van der Waals surface area contributed by atoms with Crippen molar-refractivity contribution >= 4 is 28.4 Å². The summed E-state index contributed by atoms with van der Waals surface area (Å²) in [6.07, 6.45) is 3.41. The Morgan fingerprint density at radius 2 is 1.87 bits per heavy atom. The summed E-state index contributed by atoms with van der Waals surface area (Å²) in [6, 6.07) is 23.1. The lowest BCUT2D eigenvalue weighted by atomic mass is 10.0. The summed E-state index contributed by atoms with van der Waals surface area (Å²) in [4.78, 5) is 15.7. The molecule has 1 heterocycles. The molecular formula is C25H20ClN3O. The molecule has 1 amide bonds. The maximum atomic E-state index is 12.5. The molecule has 0 saturated heterocycles. The zero-order valence-electron chi connectivity index (χ0n) is 16.3. The number of hydrogen-bond acceptors (Lipinski definition) is 2. The molecule has 0 radical (unpaired) electrons. The molecule has 4 rings (SSSR count). The van der Waals surface area contributed by atoms with Crippen molar-refractivity contribution in [2.75, 3.05) is 6.54 Å². The van der Waals surface area contributed by atoms with Gasteiger partial charge in [-0.2, -0.15) is 5.26 Å². The summed E-state index contributed by atoms with van der Waals surface area (Å²) in [5.74, 6) is -0.0918. The van der Waals surface area contributed by atoms with Crippen molar-refractivity contribution in [1.82, 2.24) is 10.3 Å². The van der Waals surface area contributed by atoms with E-state index in [2.05, 4.69) is 16.4 Å². The lowest BCUT2D eigenvalue weighted by Crippen LogP contribution is -2.25. The highest BCUT2D eigenvalue weighted by Crippen LogP contribution is 2.22. The first-order chi connectivity index (χ1) is 14.6. The van der Waals surface area contributed by atoms with Crippen LogP contribution in [0.3, 0.4) is 0 Å². The molecule has 0 aliphatic heterocycles. The van der Waals surface area contributed by atoms with E-state index in [1.165, 1.54) is 0 Å². The van der Waals surface area contributed by atoms with E-state index in [0.29, 0.717) is 22.7 Å². The van der Waals surface area contributed by atoms with Crippen LogP contribution in [0.15, 0.2) is 72.9 Å². The maximum Gasteiger partial charge on any atom is 0.251 e. The lowest BCUT2D eigenvalue weighted by molar-refractivity contribution is 0.0954. The number of amides is 1. The zero-order chi connectivity index (χ0) is 20.9. The molecule has 4 aromatic rings. The number of aromatic nitrogens is 1. The molecule has 0 aliphatic rings. The van der Waals surface area contributed by atoms with E-state index in [0.717, 1.165) is 40.4 Å². The topological polar surface area (TPSA) is 68.7 Å². The van der Waals surface area contributed by atoms with Crippen LogP contribution in [0.1, 0.15) is 32.6 Å². The summed E-state index contributed by atoms with van der Waals surface area (Å²) in [5.41, 5.74) is 5.62. The first-order valence-corrected chi connectivity index (χ1v) is 10.1. The number of benzene rings is 3. The highest BCUT2D eigenvalue weighted by molar-refractivity contribution is 6.31. The zero-order valence-corrected chi connectivity index (χ0v) is 17.0. The molecule has 0 spiro atoms. The van der Waals surface area contributed by atoms with Gasteiger partial charge < -0.3 is 10.3 Å². The molecule has 5 heteroatoms. The van der Waals surface area contributed by atoms with Crippen LogP contribution >= 0.6 is 11.6 Å². The minimum Gasteiger partial charge on any atom is -0.361 e. The van der Waals surface area contributed by atoms with Crippen LogP contribution in [0.2, 0.25) is 5.02 Å². The molecule has 0 bridgehead atoms. The summed E-state index contributed by atoms with van der Waals surface area (Å²) in [7, 11) is 0. The van der Waals surface area contributed by atoms with Gasteiger partial charge in [-0.15, -0.1) is 0 Å². The number of carbonyl (C=O) groups excluding carboxylic acids is 1. The number of rotatable bonds is 6. The van der Waals surface area contributed by atoms with Crippen molar-refractivity contribution in [2.24, 2.45) is 0 Å². The number of hydrogen-bond donors (Lipinski definition) is 2. The second-order valence-corrected chi connectivity index (χ2v) is 7.63. The summed E-state index contributed by atoms with van der Waals surface area (Å²) in [5, 5.41) is 13.8. The van der Waals surface area contributed by atoms with Gasteiger partial charge in [0.05, 0.1) is 11.6 Å². The van der Waals surface area contributed by atoms with Crippen molar-refractivity contribution < 1.29 is 4.79 Å². The van der Waals surface area contributed by atoms with Crippen LogP contribution in [0.25, 0.3) is 10.9 Å². The fourth-order valence-corrected chi connectivity index (χ4v) is 3.70. The molecule has 0 saturated carbocycles. The van der Waals surface area contributed by atoms with Gasteiger partial charge in [0.1, 0.15) is 0 Å². The van der Waals surface area contributed by atoms with Crippen LogP contribution in [0.4, 0.5) is 0 Å². The van der Waals surface area contributed by atoms with Crippen LogP contribution in [-0.4, -0.2) is 17.4 Å². The largest absolute Gasteiger partial charge is 0.361 e. The fourth-order valence-electron chi connectivity index (χ4n) is 3.53. The van der Waals surface area contributed by atoms with E-state index < -0.39 is 0 Å². The third-order valence-electron chi connectivity index (χ3n) is 5.09. The van der Waals surface area contributed by atoms with E-state index >= 15 is 0 Å². The number of nitriles is 1. The second kappa shape index (κ2) is 8.86. The lowest BCUT2D eigenvalue weighted by Gasteiger charge is -2.07. The van der Waals surface area contributed by atoms with E-state index in [-0.39, 0.29) is 5.91 Å². The van der Waals surface area contributed by atoms with Gasteiger partial charge in [-0.05, 0) is 72.0 Å². The molecule has 148 valence electrons. The van der Waals surface area contributed by atoms with Crippen LogP contribution < -0.4 is 5.32 Å². The minimum atomic E-state index is -0.0918. The maximum absolute atomic E-state index is 12.5. The third-order valence-corrected chi connectivity index (χ3v) is 5.32. The van der Waals surface area contributed by atoms with E-state index in [4.69, 9.17) is 16.9 Å². The highest BCUT2D eigenvalue weighted by atomic mass is 35.5. The van der Waals surface area contributed by atoms with Crippen LogP contribution in [-0.2, 0) is 12.8 Å². The molecule has 0 aliphatic carbocycles. The second-order valence-electron chi connectivity index (χ2n) is 7.20. The molecule has 0 fully saturated rings. The molecule has 2 N–H and O–H groups in total. The van der Waals surface area contributed by atoms with Gasteiger partial charge in [-0.25, -0.2) is 0 Å². The Kier molecular flexibility index (Phi) is 5.83. The predicted molar refractivity (Wildman–Crippen MR) is 120 cm³/mol. The molecule has 4 nitrogen and oxygen atoms in total. The van der Waals surface area contributed by atoms with Crippen LogP contribution in [0.5, 0.6) is 0 Å². The predicted octanol–water partition coefficient (Wildman–Crippen LogP) is 5.26. The Morgan fingerprint density at radius 3 is 2.67 bits per heavy atom. The number of nitrogens with zero attached hydrogens (tertiary/aromatic N) is 1. The Morgan fingerprint density at radius 1 is 1.03 bits per heavy atom. The van der Waals surface area contributed by atoms with Gasteiger partial charge in [0.2, 0.25) is 0 Å². The summed E-state index contributed by atoms with van der Waals surface area (Å²) < 4.78 is 0. The normalized spacial score (nSPS) is 10.7. The van der Waals surface area contributed by atoms with Crippen molar-refractivity contribution in [3.63, 3.8) is 0 Å². The molecule has 0 atom stereocenters. The van der Waals surface area contributed by atoms with Gasteiger partial charge in [-0.3, -0.25) is 4.79 Å². The van der Waals surface area contributed by atoms with Crippen molar-refractivity contribution in [3.8, 4) is 6.07 Å². The van der Waals surface area contributed by atoms with Gasteiger partial charge in [0, 0.05) is 34.2 Å². The number of nitrogens with one attached hydrogen (secondary N) is 2. The van der Waals surface area contributed by atoms with Crippen molar-refractivity contribution in [1.29, 1.82) is 5.26 Å². The molecule has 0 unspecified atom stereocenters. The smallest absolute Gasteiger partial charge is 0.251 e. The van der Waals surface area contributed by atoms with Crippen molar-refractivity contribution in [3.05, 3.63) is 106 Å². The number of halogens is 1. The van der Waals surface area contributed by atoms with Gasteiger partial charge >= 0.3 is 0 Å². The van der Waals surface area contributed by atoms with Crippen molar-refractivity contribution in [2.45, 2.75) is 12.8 Å². The molecular weight excluding hydrogens is 394 g/mol. The number of H-pyrrole nitrogens is 1. The van der Waals surface area contributed by atoms with Gasteiger partial charge in [0.25, 0.3) is 5.91 Å². The highest BCUT2D eigenvalue weighted by Gasteiger charge is 2.08. The number of fused-ring (bicyclic) bond motifs is 1. The Balaban J connectivity index is 1.34. The Hall–Kier alpha value is -3.55. The first-order valence-electron chi connectivity index (χ1n) is 9.74. The molecule has 1 aromatic heterocycles. The molecule has 3 aromatic carbocycles. The first kappa shape index (κ1) is 19.8.